The molecule has 0 spiro atoms. The van der Waals surface area contributed by atoms with Crippen molar-refractivity contribution in [2.45, 2.75) is 12.8 Å². The lowest BCUT2D eigenvalue weighted by Crippen LogP contribution is -1.98. The van der Waals surface area contributed by atoms with Crippen LogP contribution in [0.15, 0.2) is 47.1 Å². The number of ether oxygens (including phenoxy) is 1. The van der Waals surface area contributed by atoms with Crippen molar-refractivity contribution in [3.63, 3.8) is 0 Å². The number of hydrogen-bond acceptors (Lipinski definition) is 3. The van der Waals surface area contributed by atoms with Crippen LogP contribution in [-0.2, 0) is 6.42 Å². The minimum Gasteiger partial charge on any atom is -0.508 e. The van der Waals surface area contributed by atoms with Gasteiger partial charge >= 0.3 is 0 Å². The Hall–Kier alpha value is -1.90. The first-order valence-corrected chi connectivity index (χ1v) is 5.29. The molecular formula is C13H14O3. The van der Waals surface area contributed by atoms with Crippen LogP contribution in [0.1, 0.15) is 12.2 Å². The van der Waals surface area contributed by atoms with Crippen molar-refractivity contribution in [3.8, 4) is 11.5 Å². The van der Waals surface area contributed by atoms with Crippen LogP contribution >= 0.6 is 0 Å². The van der Waals surface area contributed by atoms with Crippen molar-refractivity contribution in [3.05, 3.63) is 48.4 Å². The van der Waals surface area contributed by atoms with E-state index in [-0.39, 0.29) is 5.75 Å². The van der Waals surface area contributed by atoms with Gasteiger partial charge in [0.05, 0.1) is 12.9 Å². The first-order valence-electron chi connectivity index (χ1n) is 5.29. The molecule has 1 aromatic carbocycles. The number of aryl methyl sites for hydroxylation is 1. The molecule has 0 amide bonds. The number of aromatic hydroxyl groups is 1. The topological polar surface area (TPSA) is 42.6 Å². The molecule has 84 valence electrons. The van der Waals surface area contributed by atoms with E-state index in [1.807, 2.05) is 12.1 Å². The van der Waals surface area contributed by atoms with Crippen LogP contribution in [0.4, 0.5) is 0 Å². The standard InChI is InChI=1S/C13H14O3/c14-11-5-7-13(8-6-11)16-10-2-4-12-3-1-9-15-12/h1,3,5-9,14H,2,4,10H2. The molecule has 0 bridgehead atoms. The Labute approximate surface area is 94.3 Å². The number of furan rings is 1. The van der Waals surface area contributed by atoms with Crippen molar-refractivity contribution < 1.29 is 14.3 Å². The van der Waals surface area contributed by atoms with Gasteiger partial charge in [0.25, 0.3) is 0 Å². The first kappa shape index (κ1) is 10.6. The molecule has 0 radical (unpaired) electrons. The molecule has 1 N–H and O–H groups in total. The summed E-state index contributed by atoms with van der Waals surface area (Å²) in [7, 11) is 0. The zero-order valence-electron chi connectivity index (χ0n) is 8.93. The highest BCUT2D eigenvalue weighted by Crippen LogP contribution is 2.16. The van der Waals surface area contributed by atoms with E-state index >= 15 is 0 Å². The average Bonchev–Trinajstić information content (AvgIpc) is 2.80. The van der Waals surface area contributed by atoms with Gasteiger partial charge in [0.2, 0.25) is 0 Å². The number of hydrogen-bond donors (Lipinski definition) is 1. The van der Waals surface area contributed by atoms with Gasteiger partial charge in [-0.2, -0.15) is 0 Å². The Morgan fingerprint density at radius 3 is 2.62 bits per heavy atom. The summed E-state index contributed by atoms with van der Waals surface area (Å²) >= 11 is 0. The Morgan fingerprint density at radius 2 is 1.94 bits per heavy atom. The fraction of sp³-hybridized carbons (Fsp3) is 0.231. The maximum atomic E-state index is 9.09. The quantitative estimate of drug-likeness (QED) is 0.784. The molecule has 0 aliphatic rings. The monoisotopic (exact) mass is 218 g/mol. The van der Waals surface area contributed by atoms with E-state index in [0.29, 0.717) is 6.61 Å². The minimum absolute atomic E-state index is 0.253. The Balaban J connectivity index is 1.70. The SMILES string of the molecule is Oc1ccc(OCCCc2ccco2)cc1. The normalized spacial score (nSPS) is 10.2. The zero-order chi connectivity index (χ0) is 11.2. The van der Waals surface area contributed by atoms with Crippen LogP contribution < -0.4 is 4.74 Å². The molecule has 2 aromatic rings. The third kappa shape index (κ3) is 3.05. The molecule has 3 nitrogen and oxygen atoms in total. The Kier molecular flexibility index (Phi) is 3.49. The third-order valence-corrected chi connectivity index (χ3v) is 2.25. The van der Waals surface area contributed by atoms with Crippen molar-refractivity contribution in [1.29, 1.82) is 0 Å². The smallest absolute Gasteiger partial charge is 0.119 e. The van der Waals surface area contributed by atoms with E-state index in [2.05, 4.69) is 0 Å². The predicted molar refractivity (Wildman–Crippen MR) is 60.6 cm³/mol. The second-order valence-corrected chi connectivity index (χ2v) is 3.53. The van der Waals surface area contributed by atoms with E-state index < -0.39 is 0 Å². The van der Waals surface area contributed by atoms with Gasteiger partial charge in [-0.25, -0.2) is 0 Å². The predicted octanol–water partition coefficient (Wildman–Crippen LogP) is 3.00. The van der Waals surface area contributed by atoms with Crippen molar-refractivity contribution in [2.75, 3.05) is 6.61 Å². The van der Waals surface area contributed by atoms with Crippen molar-refractivity contribution in [2.24, 2.45) is 0 Å². The van der Waals surface area contributed by atoms with Crippen molar-refractivity contribution in [1.82, 2.24) is 0 Å². The van der Waals surface area contributed by atoms with E-state index in [9.17, 15) is 0 Å². The van der Waals surface area contributed by atoms with Crippen LogP contribution in [0, 0.1) is 0 Å². The molecule has 0 atom stereocenters. The maximum Gasteiger partial charge on any atom is 0.119 e. The van der Waals surface area contributed by atoms with Crippen LogP contribution in [0.2, 0.25) is 0 Å². The molecule has 0 aliphatic carbocycles. The first-order chi connectivity index (χ1) is 7.84. The highest BCUT2D eigenvalue weighted by molar-refractivity contribution is 5.29. The van der Waals surface area contributed by atoms with Gasteiger partial charge in [0, 0.05) is 6.42 Å². The Bertz CT molecular complexity index is 403. The van der Waals surface area contributed by atoms with Crippen LogP contribution in [0.3, 0.4) is 0 Å². The molecule has 3 heteroatoms. The molecule has 16 heavy (non-hydrogen) atoms. The van der Waals surface area contributed by atoms with E-state index in [1.165, 1.54) is 0 Å². The van der Waals surface area contributed by atoms with Crippen LogP contribution in [-0.4, -0.2) is 11.7 Å². The summed E-state index contributed by atoms with van der Waals surface area (Å²) < 4.78 is 10.7. The molecular weight excluding hydrogens is 204 g/mol. The lowest BCUT2D eigenvalue weighted by atomic mass is 10.2. The van der Waals surface area contributed by atoms with Gasteiger partial charge in [-0.3, -0.25) is 0 Å². The largest absolute Gasteiger partial charge is 0.508 e. The number of benzene rings is 1. The molecule has 1 heterocycles. The molecule has 1 aromatic heterocycles. The second-order valence-electron chi connectivity index (χ2n) is 3.53. The highest BCUT2D eigenvalue weighted by atomic mass is 16.5. The molecule has 0 unspecified atom stereocenters. The van der Waals surface area contributed by atoms with E-state index in [1.54, 1.807) is 30.5 Å². The minimum atomic E-state index is 0.253. The van der Waals surface area contributed by atoms with Gasteiger partial charge in [-0.1, -0.05) is 0 Å². The lowest BCUT2D eigenvalue weighted by molar-refractivity contribution is 0.305. The molecule has 0 fully saturated rings. The zero-order valence-corrected chi connectivity index (χ0v) is 8.93. The summed E-state index contributed by atoms with van der Waals surface area (Å²) in [6, 6.07) is 10.6. The molecule has 0 aliphatic heterocycles. The summed E-state index contributed by atoms with van der Waals surface area (Å²) in [5.74, 6) is 2.01. The number of rotatable bonds is 5. The lowest BCUT2D eigenvalue weighted by Gasteiger charge is -2.05. The fourth-order valence-electron chi connectivity index (χ4n) is 1.43. The average molecular weight is 218 g/mol. The highest BCUT2D eigenvalue weighted by Gasteiger charge is 1.97. The number of phenolic OH excluding ortho intramolecular Hbond substituents is 1. The molecule has 2 rings (SSSR count). The van der Waals surface area contributed by atoms with Crippen LogP contribution in [0.25, 0.3) is 0 Å². The van der Waals surface area contributed by atoms with Gasteiger partial charge in [-0.05, 0) is 42.8 Å². The van der Waals surface area contributed by atoms with Gasteiger partial charge in [0.15, 0.2) is 0 Å². The number of phenols is 1. The van der Waals surface area contributed by atoms with E-state index in [0.717, 1.165) is 24.4 Å². The molecule has 0 saturated carbocycles. The van der Waals surface area contributed by atoms with Gasteiger partial charge in [0.1, 0.15) is 17.3 Å². The van der Waals surface area contributed by atoms with Gasteiger partial charge < -0.3 is 14.3 Å². The summed E-state index contributed by atoms with van der Waals surface area (Å²) in [6.07, 6.45) is 3.47. The van der Waals surface area contributed by atoms with Crippen LogP contribution in [0.5, 0.6) is 11.5 Å². The molecule has 0 saturated heterocycles. The summed E-state index contributed by atoms with van der Waals surface area (Å²) in [5, 5.41) is 9.09. The summed E-state index contributed by atoms with van der Waals surface area (Å²) in [4.78, 5) is 0. The fourth-order valence-corrected chi connectivity index (χ4v) is 1.43. The summed E-state index contributed by atoms with van der Waals surface area (Å²) in [6.45, 7) is 0.644. The Morgan fingerprint density at radius 1 is 1.12 bits per heavy atom. The van der Waals surface area contributed by atoms with Gasteiger partial charge in [-0.15, -0.1) is 0 Å². The maximum absolute atomic E-state index is 9.09. The summed E-state index contributed by atoms with van der Waals surface area (Å²) in [5.41, 5.74) is 0. The third-order valence-electron chi connectivity index (χ3n) is 2.25. The second kappa shape index (κ2) is 5.26. The van der Waals surface area contributed by atoms with Crippen molar-refractivity contribution >= 4 is 0 Å². The van der Waals surface area contributed by atoms with E-state index in [4.69, 9.17) is 14.3 Å².